The van der Waals surface area contributed by atoms with Crippen molar-refractivity contribution in [2.24, 2.45) is 0 Å². The maximum absolute atomic E-state index is 12.0. The molecule has 0 unspecified atom stereocenters. The van der Waals surface area contributed by atoms with Crippen molar-refractivity contribution in [1.29, 1.82) is 0 Å². The van der Waals surface area contributed by atoms with Crippen molar-refractivity contribution in [1.82, 2.24) is 14.9 Å². The number of rotatable bonds is 9. The second-order valence-electron chi connectivity index (χ2n) is 4.56. The summed E-state index contributed by atoms with van der Waals surface area (Å²) in [7, 11) is 0.606. The Labute approximate surface area is 120 Å². The zero-order valence-corrected chi connectivity index (χ0v) is 13.4. The topological polar surface area (TPSA) is 61.4 Å². The molecule has 0 saturated carbocycles. The summed E-state index contributed by atoms with van der Waals surface area (Å²) in [6, 6.07) is 3.54. The van der Waals surface area contributed by atoms with Crippen molar-refractivity contribution in [2.45, 2.75) is 24.1 Å². The molecule has 0 aliphatic carbocycles. The fraction of sp³-hybridized carbons (Fsp3) is 0.667. The van der Waals surface area contributed by atoms with Gasteiger partial charge in [-0.2, -0.15) is 0 Å². The van der Waals surface area contributed by atoms with E-state index in [1.807, 2.05) is 32.0 Å². The van der Waals surface area contributed by atoms with Crippen LogP contribution < -0.4 is 10.0 Å². The Morgan fingerprint density at radius 3 is 2.68 bits per heavy atom. The summed E-state index contributed by atoms with van der Waals surface area (Å²) >= 11 is 1.32. The maximum atomic E-state index is 12.0. The number of nitrogens with one attached hydrogen (secondary N) is 2. The van der Waals surface area contributed by atoms with E-state index >= 15 is 0 Å². The number of thiophene rings is 1. The standard InChI is InChI=1S/C12H23N3O2S2/c1-4-13-10-11-6-7-12(18-11)19(16,17)14-8-5-9-15(2)3/h6-7,13-14H,4-5,8-10H2,1-3H3. The van der Waals surface area contributed by atoms with Crippen LogP contribution in [0.15, 0.2) is 16.3 Å². The van der Waals surface area contributed by atoms with Crippen molar-refractivity contribution in [3.05, 3.63) is 17.0 Å². The van der Waals surface area contributed by atoms with Gasteiger partial charge in [0.2, 0.25) is 10.0 Å². The molecule has 1 heterocycles. The van der Waals surface area contributed by atoms with Gasteiger partial charge in [-0.05, 0) is 45.7 Å². The molecular formula is C12H23N3O2S2. The monoisotopic (exact) mass is 305 g/mol. The molecule has 0 bridgehead atoms. The maximum Gasteiger partial charge on any atom is 0.250 e. The van der Waals surface area contributed by atoms with Gasteiger partial charge < -0.3 is 10.2 Å². The first-order valence-electron chi connectivity index (χ1n) is 6.39. The predicted molar refractivity (Wildman–Crippen MR) is 80.1 cm³/mol. The molecule has 5 nitrogen and oxygen atoms in total. The van der Waals surface area contributed by atoms with Gasteiger partial charge in [0.05, 0.1) is 0 Å². The molecule has 0 radical (unpaired) electrons. The lowest BCUT2D eigenvalue weighted by Crippen LogP contribution is -2.26. The molecule has 0 amide bonds. The van der Waals surface area contributed by atoms with E-state index in [1.54, 1.807) is 6.07 Å². The quantitative estimate of drug-likeness (QED) is 0.671. The number of nitrogens with zero attached hydrogens (tertiary/aromatic N) is 1. The van der Waals surface area contributed by atoms with Crippen LogP contribution >= 0.6 is 11.3 Å². The average molecular weight is 305 g/mol. The molecule has 0 spiro atoms. The summed E-state index contributed by atoms with van der Waals surface area (Å²) < 4.78 is 27.1. The van der Waals surface area contributed by atoms with Gasteiger partial charge in [-0.1, -0.05) is 6.92 Å². The van der Waals surface area contributed by atoms with Crippen LogP contribution in [0.2, 0.25) is 0 Å². The third-order valence-corrected chi connectivity index (χ3v) is 5.56. The molecule has 7 heteroatoms. The van der Waals surface area contributed by atoms with Gasteiger partial charge in [0.15, 0.2) is 0 Å². The normalized spacial score (nSPS) is 12.2. The van der Waals surface area contributed by atoms with Crippen LogP contribution in [-0.4, -0.2) is 47.0 Å². The highest BCUT2D eigenvalue weighted by Crippen LogP contribution is 2.21. The van der Waals surface area contributed by atoms with E-state index in [0.29, 0.717) is 10.8 Å². The first-order chi connectivity index (χ1) is 8.95. The molecular weight excluding hydrogens is 282 g/mol. The lowest BCUT2D eigenvalue weighted by molar-refractivity contribution is 0.400. The molecule has 0 fully saturated rings. The molecule has 0 aliphatic heterocycles. The van der Waals surface area contributed by atoms with Crippen molar-refractivity contribution in [3.63, 3.8) is 0 Å². The van der Waals surface area contributed by atoms with Crippen molar-refractivity contribution < 1.29 is 8.42 Å². The van der Waals surface area contributed by atoms with Crippen LogP contribution in [0.5, 0.6) is 0 Å². The molecule has 1 aromatic rings. The number of hydrogen-bond donors (Lipinski definition) is 2. The summed E-state index contributed by atoms with van der Waals surface area (Å²) in [6.07, 6.45) is 0.807. The van der Waals surface area contributed by atoms with Crippen LogP contribution in [0.25, 0.3) is 0 Å². The third kappa shape index (κ3) is 6.01. The Hall–Kier alpha value is -0.470. The van der Waals surface area contributed by atoms with E-state index in [2.05, 4.69) is 10.0 Å². The highest BCUT2D eigenvalue weighted by Gasteiger charge is 2.15. The summed E-state index contributed by atoms with van der Waals surface area (Å²) in [6.45, 7) is 4.97. The van der Waals surface area contributed by atoms with Gasteiger partial charge in [0.25, 0.3) is 0 Å². The minimum absolute atomic E-state index is 0.394. The third-order valence-electron chi connectivity index (χ3n) is 2.53. The van der Waals surface area contributed by atoms with Gasteiger partial charge in [-0.25, -0.2) is 13.1 Å². The zero-order chi connectivity index (χ0) is 14.3. The van der Waals surface area contributed by atoms with Crippen LogP contribution in [0.4, 0.5) is 0 Å². The van der Waals surface area contributed by atoms with Crippen LogP contribution in [0.3, 0.4) is 0 Å². The zero-order valence-electron chi connectivity index (χ0n) is 11.8. The first-order valence-corrected chi connectivity index (χ1v) is 8.69. The summed E-state index contributed by atoms with van der Waals surface area (Å²) in [4.78, 5) is 3.07. The Morgan fingerprint density at radius 2 is 2.05 bits per heavy atom. The van der Waals surface area contributed by atoms with Crippen molar-refractivity contribution >= 4 is 21.4 Å². The lowest BCUT2D eigenvalue weighted by atomic mass is 10.4. The number of hydrogen-bond acceptors (Lipinski definition) is 5. The minimum atomic E-state index is -3.34. The molecule has 110 valence electrons. The highest BCUT2D eigenvalue weighted by atomic mass is 32.2. The lowest BCUT2D eigenvalue weighted by Gasteiger charge is -2.09. The van der Waals surface area contributed by atoms with Crippen LogP contribution in [0, 0.1) is 0 Å². The molecule has 0 saturated heterocycles. The molecule has 0 atom stereocenters. The molecule has 0 aromatic carbocycles. The van der Waals surface area contributed by atoms with E-state index in [4.69, 9.17) is 0 Å². The Morgan fingerprint density at radius 1 is 1.32 bits per heavy atom. The number of sulfonamides is 1. The fourth-order valence-electron chi connectivity index (χ4n) is 1.52. The predicted octanol–water partition coefficient (Wildman–Crippen LogP) is 1.09. The molecule has 2 N–H and O–H groups in total. The van der Waals surface area contributed by atoms with Crippen LogP contribution in [0.1, 0.15) is 18.2 Å². The molecule has 1 aromatic heterocycles. The minimum Gasteiger partial charge on any atom is -0.312 e. The van der Waals surface area contributed by atoms with Crippen molar-refractivity contribution in [2.75, 3.05) is 33.7 Å². The van der Waals surface area contributed by atoms with E-state index in [-0.39, 0.29) is 0 Å². The molecule has 19 heavy (non-hydrogen) atoms. The van der Waals surface area contributed by atoms with E-state index in [1.165, 1.54) is 11.3 Å². The summed E-state index contributed by atoms with van der Waals surface area (Å²) in [5.74, 6) is 0. The van der Waals surface area contributed by atoms with Gasteiger partial charge >= 0.3 is 0 Å². The second-order valence-corrected chi connectivity index (χ2v) is 7.72. The summed E-state index contributed by atoms with van der Waals surface area (Å²) in [5, 5.41) is 3.18. The smallest absolute Gasteiger partial charge is 0.250 e. The van der Waals surface area contributed by atoms with E-state index in [9.17, 15) is 8.42 Å². The largest absolute Gasteiger partial charge is 0.312 e. The Kier molecular flexibility index (Phi) is 6.95. The Bertz CT molecular complexity index is 469. The van der Waals surface area contributed by atoms with Gasteiger partial charge in [0.1, 0.15) is 4.21 Å². The summed E-state index contributed by atoms with van der Waals surface area (Å²) in [5.41, 5.74) is 0. The Balaban J connectivity index is 2.50. The molecule has 1 rings (SSSR count). The SMILES string of the molecule is CCNCc1ccc(S(=O)(=O)NCCCN(C)C)s1. The van der Waals surface area contributed by atoms with E-state index < -0.39 is 10.0 Å². The first kappa shape index (κ1) is 16.6. The van der Waals surface area contributed by atoms with Gasteiger partial charge in [0, 0.05) is 18.0 Å². The highest BCUT2D eigenvalue weighted by molar-refractivity contribution is 7.91. The van der Waals surface area contributed by atoms with E-state index in [0.717, 1.165) is 30.9 Å². The fourth-order valence-corrected chi connectivity index (χ4v) is 3.96. The second kappa shape index (κ2) is 7.96. The van der Waals surface area contributed by atoms with Crippen molar-refractivity contribution in [3.8, 4) is 0 Å². The van der Waals surface area contributed by atoms with Gasteiger partial charge in [-0.3, -0.25) is 0 Å². The van der Waals surface area contributed by atoms with Gasteiger partial charge in [-0.15, -0.1) is 11.3 Å². The van der Waals surface area contributed by atoms with Crippen LogP contribution in [-0.2, 0) is 16.6 Å². The average Bonchev–Trinajstić information content (AvgIpc) is 2.81. The molecule has 0 aliphatic rings.